The molecule has 0 atom stereocenters. The van der Waals surface area contributed by atoms with Crippen LogP contribution in [-0.4, -0.2) is 29.8 Å². The third kappa shape index (κ3) is 2.48. The van der Waals surface area contributed by atoms with E-state index in [1.807, 2.05) is 0 Å². The van der Waals surface area contributed by atoms with Gasteiger partial charge < -0.3 is 14.0 Å². The van der Waals surface area contributed by atoms with Crippen LogP contribution < -0.4 is 4.74 Å². The Morgan fingerprint density at radius 3 is 2.89 bits per heavy atom. The molecule has 94 valence electrons. The first-order valence-corrected chi connectivity index (χ1v) is 5.39. The highest BCUT2D eigenvalue weighted by Crippen LogP contribution is 2.21. The standard InChI is InChI=1S/C12H12N2O4/c1-3-17-12(15)9-6-10(18-14-9)8-4-5-11(16-2)13-7-8/h4-7H,3H2,1-2H3. The lowest BCUT2D eigenvalue weighted by molar-refractivity contribution is 0.0514. The van der Waals surface area contributed by atoms with Crippen LogP contribution >= 0.6 is 0 Å². The molecule has 0 saturated carbocycles. The fraction of sp³-hybridized carbons (Fsp3) is 0.250. The second-order valence-corrected chi connectivity index (χ2v) is 3.39. The highest BCUT2D eigenvalue weighted by Gasteiger charge is 2.14. The van der Waals surface area contributed by atoms with Crippen LogP contribution in [-0.2, 0) is 4.74 Å². The molecule has 0 spiro atoms. The summed E-state index contributed by atoms with van der Waals surface area (Å²) in [5, 5.41) is 3.65. The van der Waals surface area contributed by atoms with E-state index in [1.54, 1.807) is 25.3 Å². The van der Waals surface area contributed by atoms with E-state index in [-0.39, 0.29) is 5.69 Å². The van der Waals surface area contributed by atoms with E-state index in [9.17, 15) is 4.79 Å². The molecule has 0 fully saturated rings. The first-order chi connectivity index (χ1) is 8.74. The van der Waals surface area contributed by atoms with Crippen molar-refractivity contribution in [2.45, 2.75) is 6.92 Å². The van der Waals surface area contributed by atoms with Gasteiger partial charge in [0.05, 0.1) is 13.7 Å². The molecule has 6 nitrogen and oxygen atoms in total. The van der Waals surface area contributed by atoms with Gasteiger partial charge in [0.2, 0.25) is 5.88 Å². The number of pyridine rings is 1. The Morgan fingerprint density at radius 1 is 1.44 bits per heavy atom. The van der Waals surface area contributed by atoms with Gasteiger partial charge in [-0.1, -0.05) is 5.16 Å². The SMILES string of the molecule is CCOC(=O)c1cc(-c2ccc(OC)nc2)on1. The maximum atomic E-state index is 11.4. The summed E-state index contributed by atoms with van der Waals surface area (Å²) in [7, 11) is 1.54. The van der Waals surface area contributed by atoms with Crippen LogP contribution in [0.2, 0.25) is 0 Å². The lowest BCUT2D eigenvalue weighted by Gasteiger charge is -1.98. The lowest BCUT2D eigenvalue weighted by Crippen LogP contribution is -2.04. The Balaban J connectivity index is 2.20. The molecule has 6 heteroatoms. The summed E-state index contributed by atoms with van der Waals surface area (Å²) in [5.74, 6) is 0.450. The Labute approximate surface area is 104 Å². The number of carbonyl (C=O) groups excluding carboxylic acids is 1. The van der Waals surface area contributed by atoms with Gasteiger partial charge in [-0.15, -0.1) is 0 Å². The summed E-state index contributed by atoms with van der Waals surface area (Å²) in [6.45, 7) is 2.03. The van der Waals surface area contributed by atoms with Gasteiger partial charge in [0.15, 0.2) is 11.5 Å². The zero-order chi connectivity index (χ0) is 13.0. The highest BCUT2D eigenvalue weighted by molar-refractivity contribution is 5.88. The summed E-state index contributed by atoms with van der Waals surface area (Å²) in [6, 6.07) is 4.98. The van der Waals surface area contributed by atoms with E-state index in [1.165, 1.54) is 13.2 Å². The topological polar surface area (TPSA) is 74.5 Å². The second-order valence-electron chi connectivity index (χ2n) is 3.39. The van der Waals surface area contributed by atoms with Crippen molar-refractivity contribution in [1.29, 1.82) is 0 Å². The van der Waals surface area contributed by atoms with Crippen molar-refractivity contribution in [3.05, 3.63) is 30.1 Å². The molecule has 0 amide bonds. The number of hydrogen-bond donors (Lipinski definition) is 0. The van der Waals surface area contributed by atoms with Crippen molar-refractivity contribution >= 4 is 5.97 Å². The minimum absolute atomic E-state index is 0.141. The van der Waals surface area contributed by atoms with E-state index in [0.717, 1.165) is 0 Å². The van der Waals surface area contributed by atoms with Gasteiger partial charge in [-0.3, -0.25) is 0 Å². The molecule has 0 aliphatic rings. The summed E-state index contributed by atoms with van der Waals surface area (Å²) >= 11 is 0. The first kappa shape index (κ1) is 12.1. The monoisotopic (exact) mass is 248 g/mol. The number of aromatic nitrogens is 2. The van der Waals surface area contributed by atoms with Gasteiger partial charge in [-0.05, 0) is 13.0 Å². The number of methoxy groups -OCH3 is 1. The summed E-state index contributed by atoms with van der Waals surface area (Å²) in [5.41, 5.74) is 0.849. The van der Waals surface area contributed by atoms with E-state index < -0.39 is 5.97 Å². The van der Waals surface area contributed by atoms with Crippen LogP contribution in [0.5, 0.6) is 5.88 Å². The third-order valence-corrected chi connectivity index (χ3v) is 2.22. The predicted octanol–water partition coefficient (Wildman–Crippen LogP) is 1.92. The summed E-state index contributed by atoms with van der Waals surface area (Å²) in [4.78, 5) is 15.4. The average Bonchev–Trinajstić information content (AvgIpc) is 2.89. The Bertz CT molecular complexity index is 533. The van der Waals surface area contributed by atoms with Gasteiger partial charge in [-0.2, -0.15) is 0 Å². The Morgan fingerprint density at radius 2 is 2.28 bits per heavy atom. The number of ether oxygens (including phenoxy) is 2. The minimum Gasteiger partial charge on any atom is -0.481 e. The molecule has 18 heavy (non-hydrogen) atoms. The zero-order valence-electron chi connectivity index (χ0n) is 10.0. The smallest absolute Gasteiger partial charge is 0.360 e. The van der Waals surface area contributed by atoms with Crippen LogP contribution in [0.4, 0.5) is 0 Å². The molecule has 2 aromatic rings. The van der Waals surface area contributed by atoms with Crippen LogP contribution in [0.3, 0.4) is 0 Å². The average molecular weight is 248 g/mol. The van der Waals surface area contributed by atoms with Crippen molar-refractivity contribution in [2.75, 3.05) is 13.7 Å². The van der Waals surface area contributed by atoms with Crippen molar-refractivity contribution in [2.24, 2.45) is 0 Å². The Kier molecular flexibility index (Phi) is 3.57. The van der Waals surface area contributed by atoms with Crippen LogP contribution in [0, 0.1) is 0 Å². The minimum atomic E-state index is -0.506. The van der Waals surface area contributed by atoms with E-state index in [2.05, 4.69) is 10.1 Å². The molecule has 2 rings (SSSR count). The van der Waals surface area contributed by atoms with E-state index in [4.69, 9.17) is 14.0 Å². The highest BCUT2D eigenvalue weighted by atomic mass is 16.5. The summed E-state index contributed by atoms with van der Waals surface area (Å²) in [6.07, 6.45) is 1.58. The van der Waals surface area contributed by atoms with E-state index in [0.29, 0.717) is 23.8 Å². The lowest BCUT2D eigenvalue weighted by atomic mass is 10.2. The number of hydrogen-bond acceptors (Lipinski definition) is 6. The maximum Gasteiger partial charge on any atom is 0.360 e. The number of carbonyl (C=O) groups is 1. The quantitative estimate of drug-likeness (QED) is 0.769. The molecule has 2 heterocycles. The number of nitrogens with zero attached hydrogens (tertiary/aromatic N) is 2. The van der Waals surface area contributed by atoms with Gasteiger partial charge in [0, 0.05) is 23.9 Å². The molecule has 0 aliphatic carbocycles. The zero-order valence-corrected chi connectivity index (χ0v) is 10.0. The van der Waals surface area contributed by atoms with Crippen molar-refractivity contribution in [3.63, 3.8) is 0 Å². The fourth-order valence-electron chi connectivity index (χ4n) is 1.36. The molecule has 0 radical (unpaired) electrons. The largest absolute Gasteiger partial charge is 0.481 e. The summed E-state index contributed by atoms with van der Waals surface area (Å²) < 4.78 is 14.8. The Hall–Kier alpha value is -2.37. The first-order valence-electron chi connectivity index (χ1n) is 5.39. The van der Waals surface area contributed by atoms with Crippen LogP contribution in [0.25, 0.3) is 11.3 Å². The molecule has 2 aromatic heterocycles. The molecule has 0 bridgehead atoms. The predicted molar refractivity (Wildman–Crippen MR) is 62.2 cm³/mol. The number of esters is 1. The maximum absolute atomic E-state index is 11.4. The molecule has 0 saturated heterocycles. The molecule has 0 aromatic carbocycles. The second kappa shape index (κ2) is 5.31. The van der Waals surface area contributed by atoms with Gasteiger partial charge >= 0.3 is 5.97 Å². The molecule has 0 aliphatic heterocycles. The van der Waals surface area contributed by atoms with Gasteiger partial charge in [-0.25, -0.2) is 9.78 Å². The molecular formula is C12H12N2O4. The normalized spacial score (nSPS) is 10.1. The van der Waals surface area contributed by atoms with E-state index >= 15 is 0 Å². The fourth-order valence-corrected chi connectivity index (χ4v) is 1.36. The van der Waals surface area contributed by atoms with Crippen molar-refractivity contribution in [3.8, 4) is 17.2 Å². The van der Waals surface area contributed by atoms with Crippen molar-refractivity contribution < 1.29 is 18.8 Å². The third-order valence-electron chi connectivity index (χ3n) is 2.22. The van der Waals surface area contributed by atoms with Gasteiger partial charge in [0.25, 0.3) is 0 Å². The molecule has 0 N–H and O–H groups in total. The molecular weight excluding hydrogens is 236 g/mol. The molecule has 0 unspecified atom stereocenters. The van der Waals surface area contributed by atoms with Crippen LogP contribution in [0.1, 0.15) is 17.4 Å². The van der Waals surface area contributed by atoms with Crippen molar-refractivity contribution in [1.82, 2.24) is 10.1 Å². The van der Waals surface area contributed by atoms with Crippen LogP contribution in [0.15, 0.2) is 28.9 Å². The van der Waals surface area contributed by atoms with Gasteiger partial charge in [0.1, 0.15) is 0 Å². The number of rotatable bonds is 4.